The summed E-state index contributed by atoms with van der Waals surface area (Å²) in [5, 5.41) is 3.73. The van der Waals surface area contributed by atoms with Crippen molar-refractivity contribution < 1.29 is 19.1 Å². The fourth-order valence-electron chi connectivity index (χ4n) is 5.89. The molecule has 1 N–H and O–H groups in total. The Kier molecular flexibility index (Phi) is 7.92. The van der Waals surface area contributed by atoms with E-state index in [1.54, 1.807) is 17.4 Å². The van der Waals surface area contributed by atoms with Gasteiger partial charge in [0, 0.05) is 44.4 Å². The van der Waals surface area contributed by atoms with E-state index in [2.05, 4.69) is 21.3 Å². The van der Waals surface area contributed by atoms with Crippen LogP contribution in [0.2, 0.25) is 5.02 Å². The van der Waals surface area contributed by atoms with Crippen molar-refractivity contribution in [1.29, 1.82) is 0 Å². The summed E-state index contributed by atoms with van der Waals surface area (Å²) in [7, 11) is 1.91. The molecule has 1 saturated heterocycles. The topological polar surface area (TPSA) is 102 Å². The summed E-state index contributed by atoms with van der Waals surface area (Å²) in [5.41, 5.74) is 4.42. The van der Waals surface area contributed by atoms with Crippen molar-refractivity contribution in [2.24, 2.45) is 7.05 Å². The van der Waals surface area contributed by atoms with Gasteiger partial charge in [0.25, 0.3) is 0 Å². The van der Waals surface area contributed by atoms with Gasteiger partial charge in [0.05, 0.1) is 36.0 Å². The number of halogens is 1. The standard InChI is InChI=1S/C33H39ClN6O4/c1-32(2,3)44-31(42)40-15-13-39(14-16-40)29-23-9-8-22(34)18-24(23)25(17-21-7-6-12-36-27(21)29)28(26-19-35-20-38(26)5)37-30(41)43-33(4)10-11-33/h6-9,12,17-20,28-29H,10-11,13-16H2,1-5H3,(H,37,41). The van der Waals surface area contributed by atoms with Gasteiger partial charge in [-0.25, -0.2) is 14.6 Å². The second kappa shape index (κ2) is 11.6. The van der Waals surface area contributed by atoms with Crippen LogP contribution in [0, 0.1) is 0 Å². The van der Waals surface area contributed by atoms with E-state index < -0.39 is 23.3 Å². The number of nitrogens with zero attached hydrogens (tertiary/aromatic N) is 5. The van der Waals surface area contributed by atoms with Crippen molar-refractivity contribution in [2.75, 3.05) is 26.2 Å². The maximum absolute atomic E-state index is 13.3. The number of imidazole rings is 1. The molecule has 44 heavy (non-hydrogen) atoms. The van der Waals surface area contributed by atoms with Gasteiger partial charge in [0.2, 0.25) is 0 Å². The van der Waals surface area contributed by atoms with Gasteiger partial charge in [0.1, 0.15) is 11.2 Å². The van der Waals surface area contributed by atoms with E-state index in [1.165, 1.54) is 0 Å². The molecule has 3 aliphatic rings. The van der Waals surface area contributed by atoms with Crippen LogP contribution in [0.25, 0.3) is 11.6 Å². The molecule has 2 aliphatic carbocycles. The highest BCUT2D eigenvalue weighted by atomic mass is 35.5. The predicted octanol–water partition coefficient (Wildman–Crippen LogP) is 5.98. The number of carbonyl (C=O) groups excluding carboxylic acids is 2. The number of hydrogen-bond donors (Lipinski definition) is 1. The Balaban J connectivity index is 1.40. The molecule has 1 aromatic carbocycles. The van der Waals surface area contributed by atoms with E-state index in [1.807, 2.05) is 75.8 Å². The molecule has 2 amide bonds. The molecule has 0 spiro atoms. The fraction of sp³-hybridized carbons (Fsp3) is 0.455. The molecule has 0 bridgehead atoms. The Morgan fingerprint density at radius 1 is 1.14 bits per heavy atom. The maximum Gasteiger partial charge on any atom is 0.410 e. The first-order valence-corrected chi connectivity index (χ1v) is 15.4. The number of amides is 2. The zero-order valence-electron chi connectivity index (χ0n) is 25.8. The third-order valence-corrected chi connectivity index (χ3v) is 8.64. The molecule has 10 nitrogen and oxygen atoms in total. The van der Waals surface area contributed by atoms with Crippen molar-refractivity contribution >= 4 is 35.4 Å². The van der Waals surface area contributed by atoms with Crippen molar-refractivity contribution in [2.45, 2.75) is 63.8 Å². The number of carbonyl (C=O) groups is 2. The predicted molar refractivity (Wildman–Crippen MR) is 168 cm³/mol. The van der Waals surface area contributed by atoms with Crippen LogP contribution in [0.15, 0.2) is 49.1 Å². The second-order valence-corrected chi connectivity index (χ2v) is 13.5. The summed E-state index contributed by atoms with van der Waals surface area (Å²) >= 11 is 6.66. The van der Waals surface area contributed by atoms with Crippen LogP contribution in [-0.2, 0) is 16.5 Å². The molecule has 0 radical (unpaired) electrons. The molecule has 3 aromatic rings. The Hall–Kier alpha value is -3.89. The normalized spacial score (nSPS) is 20.0. The zero-order chi connectivity index (χ0) is 31.2. The lowest BCUT2D eigenvalue weighted by molar-refractivity contribution is 0.0117. The summed E-state index contributed by atoms with van der Waals surface area (Å²) in [4.78, 5) is 39.5. The van der Waals surface area contributed by atoms with Crippen LogP contribution in [0.3, 0.4) is 0 Å². The van der Waals surface area contributed by atoms with Crippen molar-refractivity contribution in [3.05, 3.63) is 82.2 Å². The summed E-state index contributed by atoms with van der Waals surface area (Å²) in [5.74, 6) is 0. The molecule has 1 saturated carbocycles. The van der Waals surface area contributed by atoms with Gasteiger partial charge in [-0.3, -0.25) is 9.88 Å². The van der Waals surface area contributed by atoms with Gasteiger partial charge in [0.15, 0.2) is 0 Å². The van der Waals surface area contributed by atoms with Gasteiger partial charge in [-0.15, -0.1) is 0 Å². The van der Waals surface area contributed by atoms with Crippen LogP contribution in [0.4, 0.5) is 9.59 Å². The molecule has 11 heteroatoms. The average Bonchev–Trinajstić information content (AvgIpc) is 3.57. The van der Waals surface area contributed by atoms with Gasteiger partial charge in [-0.2, -0.15) is 0 Å². The molecule has 232 valence electrons. The highest BCUT2D eigenvalue weighted by Crippen LogP contribution is 2.45. The number of hydrogen-bond acceptors (Lipinski definition) is 7. The molecule has 3 heterocycles. The molecule has 2 unspecified atom stereocenters. The lowest BCUT2D eigenvalue weighted by Crippen LogP contribution is -2.51. The lowest BCUT2D eigenvalue weighted by atomic mass is 9.90. The van der Waals surface area contributed by atoms with Crippen LogP contribution >= 0.6 is 11.6 Å². The largest absolute Gasteiger partial charge is 0.444 e. The Morgan fingerprint density at radius 2 is 1.89 bits per heavy atom. The molecule has 6 rings (SSSR count). The van der Waals surface area contributed by atoms with Gasteiger partial charge >= 0.3 is 12.2 Å². The van der Waals surface area contributed by atoms with Gasteiger partial charge in [-0.1, -0.05) is 23.7 Å². The first-order valence-electron chi connectivity index (χ1n) is 15.0. The fourth-order valence-corrected chi connectivity index (χ4v) is 6.07. The highest BCUT2D eigenvalue weighted by molar-refractivity contribution is 6.30. The number of benzene rings is 1. The molecule has 2 fully saturated rings. The monoisotopic (exact) mass is 618 g/mol. The van der Waals surface area contributed by atoms with Gasteiger partial charge < -0.3 is 24.3 Å². The molecule has 2 aromatic heterocycles. The number of ether oxygens (including phenoxy) is 2. The van der Waals surface area contributed by atoms with E-state index in [4.69, 9.17) is 26.1 Å². The summed E-state index contributed by atoms with van der Waals surface area (Å²) < 4.78 is 13.3. The summed E-state index contributed by atoms with van der Waals surface area (Å²) in [6.07, 6.45) is 8.29. The Labute approximate surface area is 263 Å². The second-order valence-electron chi connectivity index (χ2n) is 13.1. The maximum atomic E-state index is 13.3. The molecule has 2 atom stereocenters. The van der Waals surface area contributed by atoms with Crippen LogP contribution in [-0.4, -0.2) is 73.9 Å². The van der Waals surface area contributed by atoms with E-state index in [0.717, 1.165) is 46.5 Å². The minimum absolute atomic E-state index is 0.211. The first-order chi connectivity index (χ1) is 20.9. The van der Waals surface area contributed by atoms with E-state index in [-0.39, 0.29) is 12.1 Å². The summed E-state index contributed by atoms with van der Waals surface area (Å²) in [6, 6.07) is 9.07. The quantitative estimate of drug-likeness (QED) is 0.375. The molecular weight excluding hydrogens is 580 g/mol. The smallest absolute Gasteiger partial charge is 0.410 e. The van der Waals surface area contributed by atoms with Crippen molar-refractivity contribution in [3.63, 3.8) is 0 Å². The number of rotatable bonds is 5. The third-order valence-electron chi connectivity index (χ3n) is 8.41. The lowest BCUT2D eigenvalue weighted by Gasteiger charge is -2.40. The van der Waals surface area contributed by atoms with E-state index in [0.29, 0.717) is 31.2 Å². The molecule has 1 aliphatic heterocycles. The number of pyridine rings is 1. The summed E-state index contributed by atoms with van der Waals surface area (Å²) in [6.45, 7) is 9.89. The van der Waals surface area contributed by atoms with Crippen LogP contribution in [0.5, 0.6) is 0 Å². The van der Waals surface area contributed by atoms with E-state index >= 15 is 0 Å². The SMILES string of the molecule is Cn1cncc1C(NC(=O)OC1(C)CC1)C1=Cc2cccnc2C(N2CCN(C(=O)OC(C)(C)C)CC2)c2ccc(Cl)cc21. The van der Waals surface area contributed by atoms with Crippen LogP contribution in [0.1, 0.15) is 80.7 Å². The molecular formula is C33H39ClN6O4. The Bertz CT molecular complexity index is 1600. The van der Waals surface area contributed by atoms with Crippen LogP contribution < -0.4 is 5.32 Å². The minimum Gasteiger partial charge on any atom is -0.444 e. The number of aromatic nitrogens is 3. The Morgan fingerprint density at radius 3 is 2.55 bits per heavy atom. The number of piperazine rings is 1. The number of nitrogens with one attached hydrogen (secondary N) is 1. The highest BCUT2D eigenvalue weighted by Gasteiger charge is 2.43. The van der Waals surface area contributed by atoms with E-state index in [9.17, 15) is 9.59 Å². The minimum atomic E-state index is -0.578. The zero-order valence-corrected chi connectivity index (χ0v) is 26.6. The number of aryl methyl sites for hydroxylation is 1. The number of alkyl carbamates (subject to hydrolysis) is 1. The first kappa shape index (κ1) is 30.1. The third kappa shape index (κ3) is 6.32. The average molecular weight is 619 g/mol. The van der Waals surface area contributed by atoms with Crippen molar-refractivity contribution in [3.8, 4) is 0 Å². The van der Waals surface area contributed by atoms with Crippen molar-refractivity contribution in [1.82, 2.24) is 29.7 Å². The van der Waals surface area contributed by atoms with Gasteiger partial charge in [-0.05, 0) is 87.1 Å². The number of fused-ring (bicyclic) bond motifs is 2.